The first-order chi connectivity index (χ1) is 7.56. The van der Waals surface area contributed by atoms with Gasteiger partial charge in [-0.3, -0.25) is 19.3 Å². The maximum absolute atomic E-state index is 11.7. The number of nitrogens with zero attached hydrogens (tertiary/aromatic N) is 2. The fourth-order valence-electron chi connectivity index (χ4n) is 2.38. The van der Waals surface area contributed by atoms with Crippen molar-refractivity contribution in [2.75, 3.05) is 33.7 Å². The molecule has 0 aromatic heterocycles. The minimum Gasteiger partial charge on any atom is -0.340 e. The number of amides is 3. The summed E-state index contributed by atoms with van der Waals surface area (Å²) in [6, 6.07) is 0. The van der Waals surface area contributed by atoms with Crippen molar-refractivity contribution >= 4 is 17.7 Å². The van der Waals surface area contributed by atoms with E-state index in [0.717, 1.165) is 0 Å². The molecule has 2 saturated heterocycles. The van der Waals surface area contributed by atoms with Crippen molar-refractivity contribution in [3.05, 3.63) is 0 Å². The van der Waals surface area contributed by atoms with Gasteiger partial charge in [-0.05, 0) is 7.05 Å². The lowest BCUT2D eigenvalue weighted by Gasteiger charge is -2.18. The van der Waals surface area contributed by atoms with Gasteiger partial charge in [-0.2, -0.15) is 0 Å². The van der Waals surface area contributed by atoms with Gasteiger partial charge in [-0.25, -0.2) is 0 Å². The Morgan fingerprint density at radius 3 is 2.25 bits per heavy atom. The van der Waals surface area contributed by atoms with E-state index in [9.17, 15) is 14.4 Å². The number of likely N-dealkylation sites (N-methyl/N-ethyl adjacent to an activating group) is 1. The maximum atomic E-state index is 11.7. The van der Waals surface area contributed by atoms with Gasteiger partial charge < -0.3 is 10.2 Å². The molecule has 2 heterocycles. The third kappa shape index (κ3) is 1.49. The van der Waals surface area contributed by atoms with E-state index < -0.39 is 0 Å². The first-order valence-electron chi connectivity index (χ1n) is 5.30. The lowest BCUT2D eigenvalue weighted by molar-refractivity contribution is -0.139. The van der Waals surface area contributed by atoms with Crippen LogP contribution in [0.5, 0.6) is 0 Å². The number of fused-ring (bicyclic) bond motifs is 1. The normalized spacial score (nSPS) is 28.9. The largest absolute Gasteiger partial charge is 0.340 e. The lowest BCUT2D eigenvalue weighted by atomic mass is 10.00. The summed E-state index contributed by atoms with van der Waals surface area (Å²) in [7, 11) is 3.20. The number of rotatable bonds is 2. The van der Waals surface area contributed by atoms with Crippen LogP contribution in [0.25, 0.3) is 0 Å². The van der Waals surface area contributed by atoms with Crippen molar-refractivity contribution in [2.24, 2.45) is 11.8 Å². The third-order valence-electron chi connectivity index (χ3n) is 3.30. The van der Waals surface area contributed by atoms with E-state index in [0.29, 0.717) is 13.1 Å². The van der Waals surface area contributed by atoms with Crippen LogP contribution >= 0.6 is 0 Å². The molecule has 88 valence electrons. The summed E-state index contributed by atoms with van der Waals surface area (Å²) in [5.41, 5.74) is 0. The second-order valence-corrected chi connectivity index (χ2v) is 4.28. The van der Waals surface area contributed by atoms with Crippen LogP contribution in [0.1, 0.15) is 0 Å². The molecule has 3 amide bonds. The van der Waals surface area contributed by atoms with E-state index in [4.69, 9.17) is 0 Å². The summed E-state index contributed by atoms with van der Waals surface area (Å²) < 4.78 is 0. The fourth-order valence-corrected chi connectivity index (χ4v) is 2.38. The van der Waals surface area contributed by atoms with Crippen LogP contribution in [-0.4, -0.2) is 61.3 Å². The van der Waals surface area contributed by atoms with Crippen molar-refractivity contribution < 1.29 is 14.4 Å². The molecule has 0 unspecified atom stereocenters. The molecule has 6 heteroatoms. The van der Waals surface area contributed by atoms with Crippen molar-refractivity contribution in [3.63, 3.8) is 0 Å². The van der Waals surface area contributed by atoms with Gasteiger partial charge >= 0.3 is 0 Å². The summed E-state index contributed by atoms with van der Waals surface area (Å²) in [6.45, 7) is 0.998. The predicted molar refractivity (Wildman–Crippen MR) is 55.3 cm³/mol. The van der Waals surface area contributed by atoms with E-state index in [2.05, 4.69) is 5.32 Å². The molecule has 0 aromatic carbocycles. The molecule has 2 aliphatic rings. The highest BCUT2D eigenvalue weighted by molar-refractivity contribution is 6.06. The van der Waals surface area contributed by atoms with E-state index in [-0.39, 0.29) is 36.1 Å². The minimum absolute atomic E-state index is 0.0554. The van der Waals surface area contributed by atoms with Gasteiger partial charge in [-0.15, -0.1) is 0 Å². The molecule has 0 bridgehead atoms. The standard InChI is InChI=1S/C10H15N3O3/c1-11-3-8(14)13-4-6-7(5-13)10(16)12(2)9(6)15/h6-7,11H,3-5H2,1-2H3/t6-,7-/m1/s1. The molecular weight excluding hydrogens is 210 g/mol. The summed E-state index contributed by atoms with van der Waals surface area (Å²) in [5.74, 6) is -1.01. The molecule has 2 rings (SSSR count). The van der Waals surface area contributed by atoms with Crippen LogP contribution in [0.15, 0.2) is 0 Å². The summed E-state index contributed by atoms with van der Waals surface area (Å²) in [5, 5.41) is 2.77. The molecule has 2 fully saturated rings. The quantitative estimate of drug-likeness (QED) is 0.567. The van der Waals surface area contributed by atoms with E-state index in [1.165, 1.54) is 11.9 Å². The number of imide groups is 1. The van der Waals surface area contributed by atoms with Crippen LogP contribution in [0.4, 0.5) is 0 Å². The Morgan fingerprint density at radius 1 is 1.31 bits per heavy atom. The van der Waals surface area contributed by atoms with Gasteiger partial charge in [0.25, 0.3) is 0 Å². The van der Waals surface area contributed by atoms with Gasteiger partial charge in [0, 0.05) is 20.1 Å². The summed E-state index contributed by atoms with van der Waals surface area (Å²) in [4.78, 5) is 37.7. The van der Waals surface area contributed by atoms with Crippen LogP contribution in [0, 0.1) is 11.8 Å². The molecule has 0 aliphatic carbocycles. The van der Waals surface area contributed by atoms with E-state index >= 15 is 0 Å². The van der Waals surface area contributed by atoms with Crippen LogP contribution < -0.4 is 5.32 Å². The topological polar surface area (TPSA) is 69.7 Å². The van der Waals surface area contributed by atoms with Gasteiger partial charge in [-0.1, -0.05) is 0 Å². The molecule has 0 radical (unpaired) electrons. The molecule has 16 heavy (non-hydrogen) atoms. The zero-order valence-corrected chi connectivity index (χ0v) is 9.40. The predicted octanol–water partition coefficient (Wildman–Crippen LogP) is -1.72. The second kappa shape index (κ2) is 3.86. The zero-order chi connectivity index (χ0) is 11.9. The monoisotopic (exact) mass is 225 g/mol. The first-order valence-corrected chi connectivity index (χ1v) is 5.30. The Bertz CT molecular complexity index is 331. The van der Waals surface area contributed by atoms with Gasteiger partial charge in [0.15, 0.2) is 0 Å². The number of carbonyl (C=O) groups excluding carboxylic acids is 3. The van der Waals surface area contributed by atoms with Gasteiger partial charge in [0.05, 0.1) is 18.4 Å². The molecule has 0 aromatic rings. The highest BCUT2D eigenvalue weighted by atomic mass is 16.2. The van der Waals surface area contributed by atoms with Gasteiger partial charge in [0.1, 0.15) is 0 Å². The Balaban J connectivity index is 2.07. The first kappa shape index (κ1) is 11.1. The highest BCUT2D eigenvalue weighted by Gasteiger charge is 2.51. The Morgan fingerprint density at radius 2 is 1.81 bits per heavy atom. The van der Waals surface area contributed by atoms with Crippen molar-refractivity contribution in [3.8, 4) is 0 Å². The second-order valence-electron chi connectivity index (χ2n) is 4.28. The molecule has 6 nitrogen and oxygen atoms in total. The summed E-state index contributed by atoms with van der Waals surface area (Å²) >= 11 is 0. The number of hydrogen-bond donors (Lipinski definition) is 1. The van der Waals surface area contributed by atoms with Crippen molar-refractivity contribution in [2.45, 2.75) is 0 Å². The number of nitrogens with one attached hydrogen (secondary N) is 1. The molecule has 2 atom stereocenters. The molecule has 2 aliphatic heterocycles. The highest BCUT2D eigenvalue weighted by Crippen LogP contribution is 2.32. The lowest BCUT2D eigenvalue weighted by Crippen LogP contribution is -2.39. The van der Waals surface area contributed by atoms with Crippen molar-refractivity contribution in [1.29, 1.82) is 0 Å². The fraction of sp³-hybridized carbons (Fsp3) is 0.700. The van der Waals surface area contributed by atoms with Gasteiger partial charge in [0.2, 0.25) is 17.7 Å². The molecule has 0 spiro atoms. The average Bonchev–Trinajstić information content (AvgIpc) is 2.77. The summed E-state index contributed by atoms with van der Waals surface area (Å²) in [6.07, 6.45) is 0. The Labute approximate surface area is 93.6 Å². The maximum Gasteiger partial charge on any atom is 0.236 e. The SMILES string of the molecule is CNCC(=O)N1C[C@H]2C(=O)N(C)C(=O)[C@@H]2C1. The zero-order valence-electron chi connectivity index (χ0n) is 9.40. The Hall–Kier alpha value is -1.43. The number of carbonyl (C=O) groups is 3. The van der Waals surface area contributed by atoms with E-state index in [1.807, 2.05) is 0 Å². The van der Waals surface area contributed by atoms with Crippen LogP contribution in [0.2, 0.25) is 0 Å². The smallest absolute Gasteiger partial charge is 0.236 e. The molecule has 0 saturated carbocycles. The minimum atomic E-state index is -0.321. The van der Waals surface area contributed by atoms with E-state index in [1.54, 1.807) is 11.9 Å². The van der Waals surface area contributed by atoms with Crippen LogP contribution in [0.3, 0.4) is 0 Å². The number of likely N-dealkylation sites (tertiary alicyclic amines) is 2. The molecule has 1 N–H and O–H groups in total. The molecular formula is C10H15N3O3. The van der Waals surface area contributed by atoms with Crippen molar-refractivity contribution in [1.82, 2.24) is 15.1 Å². The Kier molecular flexibility index (Phi) is 2.67. The third-order valence-corrected chi connectivity index (χ3v) is 3.30. The number of hydrogen-bond acceptors (Lipinski definition) is 4. The average molecular weight is 225 g/mol. The van der Waals surface area contributed by atoms with Crippen LogP contribution in [-0.2, 0) is 14.4 Å².